The maximum absolute atomic E-state index is 12.0. The van der Waals surface area contributed by atoms with Gasteiger partial charge in [0.1, 0.15) is 10.5 Å². The van der Waals surface area contributed by atoms with E-state index in [0.717, 1.165) is 25.3 Å². The average Bonchev–Trinajstić information content (AvgIpc) is 2.98. The SMILES string of the molecule is O=[N+]([O-])c1cccc(S(=O)(=O)OC[C@@]23CCC[C@@H]2O3)c1. The highest BCUT2D eigenvalue weighted by Crippen LogP contribution is 2.50. The smallest absolute Gasteiger partial charge is 0.297 e. The lowest BCUT2D eigenvalue weighted by Gasteiger charge is -2.09. The molecular formula is C12H13NO6S. The Morgan fingerprint density at radius 1 is 1.50 bits per heavy atom. The maximum Gasteiger partial charge on any atom is 0.297 e. The lowest BCUT2D eigenvalue weighted by Crippen LogP contribution is -2.21. The van der Waals surface area contributed by atoms with Crippen LogP contribution in [0.2, 0.25) is 0 Å². The molecule has 1 aromatic rings. The zero-order chi connectivity index (χ0) is 14.4. The molecule has 1 aliphatic heterocycles. The van der Waals surface area contributed by atoms with Crippen LogP contribution in [0.15, 0.2) is 29.2 Å². The lowest BCUT2D eigenvalue weighted by molar-refractivity contribution is -0.385. The highest BCUT2D eigenvalue weighted by Gasteiger charge is 2.60. The molecule has 7 nitrogen and oxygen atoms in total. The molecule has 8 heteroatoms. The highest BCUT2D eigenvalue weighted by atomic mass is 32.2. The number of benzene rings is 1. The maximum atomic E-state index is 12.0. The van der Waals surface area contributed by atoms with Crippen LogP contribution < -0.4 is 0 Å². The fourth-order valence-corrected chi connectivity index (χ4v) is 3.58. The van der Waals surface area contributed by atoms with Crippen LogP contribution in [0.5, 0.6) is 0 Å². The minimum atomic E-state index is -4.00. The molecule has 1 saturated carbocycles. The third kappa shape index (κ3) is 2.30. The Bertz CT molecular complexity index is 658. The summed E-state index contributed by atoms with van der Waals surface area (Å²) in [6, 6.07) is 4.82. The van der Waals surface area contributed by atoms with Gasteiger partial charge in [0.15, 0.2) is 0 Å². The molecule has 20 heavy (non-hydrogen) atoms. The van der Waals surface area contributed by atoms with Crippen LogP contribution in [-0.4, -0.2) is 31.7 Å². The van der Waals surface area contributed by atoms with Crippen LogP contribution in [0.25, 0.3) is 0 Å². The molecule has 0 aromatic heterocycles. The summed E-state index contributed by atoms with van der Waals surface area (Å²) in [4.78, 5) is 9.80. The van der Waals surface area contributed by atoms with Gasteiger partial charge in [-0.1, -0.05) is 6.07 Å². The van der Waals surface area contributed by atoms with Crippen molar-refractivity contribution in [1.82, 2.24) is 0 Å². The minimum Gasteiger partial charge on any atom is -0.363 e. The van der Waals surface area contributed by atoms with Crippen LogP contribution in [0.3, 0.4) is 0 Å². The fourth-order valence-electron chi connectivity index (χ4n) is 2.57. The lowest BCUT2D eigenvalue weighted by atomic mass is 10.1. The number of ether oxygens (including phenoxy) is 1. The van der Waals surface area contributed by atoms with E-state index in [0.29, 0.717) is 0 Å². The van der Waals surface area contributed by atoms with Crippen molar-refractivity contribution in [3.05, 3.63) is 34.4 Å². The molecule has 1 saturated heterocycles. The Labute approximate surface area is 115 Å². The van der Waals surface area contributed by atoms with Gasteiger partial charge in [0.25, 0.3) is 15.8 Å². The first-order valence-electron chi connectivity index (χ1n) is 6.25. The van der Waals surface area contributed by atoms with E-state index in [-0.39, 0.29) is 23.3 Å². The van der Waals surface area contributed by atoms with Crippen LogP contribution in [0, 0.1) is 10.1 Å². The molecule has 0 N–H and O–H groups in total. The number of nitrogens with zero attached hydrogens (tertiary/aromatic N) is 1. The van der Waals surface area contributed by atoms with Crippen molar-refractivity contribution in [2.24, 2.45) is 0 Å². The van der Waals surface area contributed by atoms with E-state index in [9.17, 15) is 18.5 Å². The Hall–Kier alpha value is -1.51. The summed E-state index contributed by atoms with van der Waals surface area (Å²) in [7, 11) is -4.00. The minimum absolute atomic E-state index is 0.0251. The second-order valence-electron chi connectivity index (χ2n) is 5.03. The second kappa shape index (κ2) is 4.51. The summed E-state index contributed by atoms with van der Waals surface area (Å²) in [6.07, 6.45) is 2.83. The van der Waals surface area contributed by atoms with E-state index in [1.54, 1.807) is 0 Å². The van der Waals surface area contributed by atoms with Gasteiger partial charge in [0.2, 0.25) is 0 Å². The van der Waals surface area contributed by atoms with Gasteiger partial charge in [0.05, 0.1) is 17.6 Å². The van der Waals surface area contributed by atoms with E-state index in [1.165, 1.54) is 18.2 Å². The van der Waals surface area contributed by atoms with Crippen molar-refractivity contribution >= 4 is 15.8 Å². The molecular weight excluding hydrogens is 286 g/mol. The van der Waals surface area contributed by atoms with Crippen LogP contribution in [0.4, 0.5) is 5.69 Å². The number of hydrogen-bond donors (Lipinski definition) is 0. The molecule has 0 radical (unpaired) electrons. The average molecular weight is 299 g/mol. The van der Waals surface area contributed by atoms with Gasteiger partial charge in [-0.3, -0.25) is 14.3 Å². The summed E-state index contributed by atoms with van der Waals surface area (Å²) in [6.45, 7) is -0.0251. The third-order valence-corrected chi connectivity index (χ3v) is 5.01. The summed E-state index contributed by atoms with van der Waals surface area (Å²) < 4.78 is 34.5. The first-order valence-corrected chi connectivity index (χ1v) is 7.66. The summed E-state index contributed by atoms with van der Waals surface area (Å²) >= 11 is 0. The number of fused-ring (bicyclic) bond motifs is 1. The number of nitro benzene ring substituents is 1. The Kier molecular flexibility index (Phi) is 3.03. The standard InChI is InChI=1S/C12H13NO6S/c14-13(15)9-3-1-4-10(7-9)20(16,17)18-8-12-6-2-5-11(12)19-12/h1,3-4,7,11H,2,5-6,8H2/t11-,12-/m0/s1. The quantitative estimate of drug-likeness (QED) is 0.354. The van der Waals surface area contributed by atoms with E-state index in [2.05, 4.69) is 0 Å². The van der Waals surface area contributed by atoms with Crippen molar-refractivity contribution < 1.29 is 22.3 Å². The number of non-ortho nitro benzene ring substituents is 1. The second-order valence-corrected chi connectivity index (χ2v) is 6.65. The molecule has 2 fully saturated rings. The molecule has 0 unspecified atom stereocenters. The van der Waals surface area contributed by atoms with Crippen molar-refractivity contribution in [2.45, 2.75) is 35.9 Å². The zero-order valence-corrected chi connectivity index (χ0v) is 11.3. The predicted octanol–water partition coefficient (Wildman–Crippen LogP) is 1.62. The van der Waals surface area contributed by atoms with Crippen molar-refractivity contribution in [3.63, 3.8) is 0 Å². The number of hydrogen-bond acceptors (Lipinski definition) is 6. The molecule has 1 aromatic carbocycles. The Balaban J connectivity index is 1.75. The summed E-state index contributed by atoms with van der Waals surface area (Å²) in [5, 5.41) is 10.7. The molecule has 0 amide bonds. The summed E-state index contributed by atoms with van der Waals surface area (Å²) in [5.74, 6) is 0. The Morgan fingerprint density at radius 2 is 2.30 bits per heavy atom. The molecule has 1 heterocycles. The van der Waals surface area contributed by atoms with Gasteiger partial charge >= 0.3 is 0 Å². The zero-order valence-electron chi connectivity index (χ0n) is 10.5. The van der Waals surface area contributed by atoms with Crippen molar-refractivity contribution in [3.8, 4) is 0 Å². The van der Waals surface area contributed by atoms with Gasteiger partial charge in [-0.25, -0.2) is 0 Å². The molecule has 2 atom stereocenters. The van der Waals surface area contributed by atoms with Crippen LogP contribution in [-0.2, 0) is 19.0 Å². The first-order chi connectivity index (χ1) is 9.43. The van der Waals surface area contributed by atoms with Crippen LogP contribution in [0.1, 0.15) is 19.3 Å². The van der Waals surface area contributed by atoms with E-state index >= 15 is 0 Å². The number of epoxide rings is 1. The topological polar surface area (TPSA) is 99.0 Å². The van der Waals surface area contributed by atoms with Gasteiger partial charge in [-0.15, -0.1) is 0 Å². The van der Waals surface area contributed by atoms with Gasteiger partial charge < -0.3 is 4.74 Å². The largest absolute Gasteiger partial charge is 0.363 e. The van der Waals surface area contributed by atoms with Gasteiger partial charge in [-0.2, -0.15) is 8.42 Å². The highest BCUT2D eigenvalue weighted by molar-refractivity contribution is 7.86. The van der Waals surface area contributed by atoms with Gasteiger partial charge in [0, 0.05) is 12.1 Å². The van der Waals surface area contributed by atoms with Crippen molar-refractivity contribution in [1.29, 1.82) is 0 Å². The van der Waals surface area contributed by atoms with Crippen LogP contribution >= 0.6 is 0 Å². The number of nitro groups is 1. The third-order valence-electron chi connectivity index (χ3n) is 3.75. The fraction of sp³-hybridized carbons (Fsp3) is 0.500. The van der Waals surface area contributed by atoms with E-state index in [4.69, 9.17) is 8.92 Å². The first kappa shape index (κ1) is 13.5. The summed E-state index contributed by atoms with van der Waals surface area (Å²) in [5.41, 5.74) is -0.734. The monoisotopic (exact) mass is 299 g/mol. The van der Waals surface area contributed by atoms with E-state index in [1.807, 2.05) is 0 Å². The molecule has 0 spiro atoms. The van der Waals surface area contributed by atoms with E-state index < -0.39 is 20.6 Å². The molecule has 3 rings (SSSR count). The molecule has 108 valence electrons. The predicted molar refractivity (Wildman–Crippen MR) is 67.7 cm³/mol. The molecule has 1 aliphatic carbocycles. The normalized spacial score (nSPS) is 28.1. The van der Waals surface area contributed by atoms with Gasteiger partial charge in [-0.05, 0) is 25.3 Å². The molecule has 2 aliphatic rings. The molecule has 0 bridgehead atoms. The van der Waals surface area contributed by atoms with Crippen molar-refractivity contribution in [2.75, 3.05) is 6.61 Å². The number of rotatable bonds is 5. The Morgan fingerprint density at radius 3 is 2.90 bits per heavy atom.